The Morgan fingerprint density at radius 1 is 0.750 bits per heavy atom. The van der Waals surface area contributed by atoms with E-state index in [2.05, 4.69) is 65.0 Å². The van der Waals surface area contributed by atoms with Gasteiger partial charge in [-0.05, 0) is 37.0 Å². The van der Waals surface area contributed by atoms with Gasteiger partial charge in [-0.15, -0.1) is 5.10 Å². The van der Waals surface area contributed by atoms with E-state index < -0.39 is 0 Å². The molecule has 0 spiro atoms. The standard InChI is InChI=1S/C19H27N5/c1-4-15-7-9-16(10-8-15)23-11-13-24(14-12-23)19-20-17(5-2)18(6-3)21-22-19/h7-10H,4-6,11-14H2,1-3H3. The van der Waals surface area contributed by atoms with Crippen molar-refractivity contribution >= 4 is 11.6 Å². The van der Waals surface area contributed by atoms with Crippen LogP contribution in [0.5, 0.6) is 0 Å². The molecule has 2 heterocycles. The van der Waals surface area contributed by atoms with Gasteiger partial charge in [-0.25, -0.2) is 4.98 Å². The van der Waals surface area contributed by atoms with Crippen molar-refractivity contribution in [3.63, 3.8) is 0 Å². The third-order valence-electron chi connectivity index (χ3n) is 4.77. The summed E-state index contributed by atoms with van der Waals surface area (Å²) in [6.45, 7) is 10.3. The molecule has 1 saturated heterocycles. The van der Waals surface area contributed by atoms with Gasteiger partial charge in [-0.3, -0.25) is 0 Å². The Kier molecular flexibility index (Phi) is 5.28. The molecule has 1 fully saturated rings. The fourth-order valence-electron chi connectivity index (χ4n) is 3.17. The molecule has 3 rings (SSSR count). The van der Waals surface area contributed by atoms with Crippen LogP contribution in [-0.2, 0) is 19.3 Å². The predicted octanol–water partition coefficient (Wildman–Crippen LogP) is 2.89. The summed E-state index contributed by atoms with van der Waals surface area (Å²) in [6.07, 6.45) is 2.90. The normalized spacial score (nSPS) is 15.0. The maximum absolute atomic E-state index is 4.74. The monoisotopic (exact) mass is 325 g/mol. The summed E-state index contributed by atoms with van der Waals surface area (Å²) in [5.41, 5.74) is 4.80. The van der Waals surface area contributed by atoms with Crippen LogP contribution < -0.4 is 9.80 Å². The summed E-state index contributed by atoms with van der Waals surface area (Å²) in [5.74, 6) is 0.782. The van der Waals surface area contributed by atoms with Gasteiger partial charge in [0.05, 0.1) is 11.4 Å². The van der Waals surface area contributed by atoms with E-state index in [1.165, 1.54) is 11.3 Å². The molecule has 0 bridgehead atoms. The molecule has 1 aromatic carbocycles. The average Bonchev–Trinajstić information content (AvgIpc) is 2.67. The Bertz CT molecular complexity index is 660. The lowest BCUT2D eigenvalue weighted by molar-refractivity contribution is 0.629. The van der Waals surface area contributed by atoms with Crippen LogP contribution in [0.1, 0.15) is 37.7 Å². The van der Waals surface area contributed by atoms with Gasteiger partial charge in [0, 0.05) is 31.9 Å². The summed E-state index contributed by atoms with van der Waals surface area (Å²) in [5, 5.41) is 8.72. The first-order valence-electron chi connectivity index (χ1n) is 9.06. The Hall–Kier alpha value is -2.17. The molecule has 0 N–H and O–H groups in total. The van der Waals surface area contributed by atoms with Crippen LogP contribution in [0.3, 0.4) is 0 Å². The van der Waals surface area contributed by atoms with Crippen molar-refractivity contribution in [3.8, 4) is 0 Å². The summed E-state index contributed by atoms with van der Waals surface area (Å²) >= 11 is 0. The predicted molar refractivity (Wildman–Crippen MR) is 98.8 cm³/mol. The summed E-state index contributed by atoms with van der Waals surface area (Å²) < 4.78 is 0. The number of nitrogens with zero attached hydrogens (tertiary/aromatic N) is 5. The van der Waals surface area contributed by atoms with Crippen LogP contribution in [0.4, 0.5) is 11.6 Å². The number of anilines is 2. The smallest absolute Gasteiger partial charge is 0.245 e. The fraction of sp³-hybridized carbons (Fsp3) is 0.526. The first kappa shape index (κ1) is 16.7. The summed E-state index contributed by atoms with van der Waals surface area (Å²) in [4.78, 5) is 9.43. The highest BCUT2D eigenvalue weighted by atomic mass is 15.4. The Labute approximate surface area is 144 Å². The number of rotatable bonds is 5. The number of hydrogen-bond acceptors (Lipinski definition) is 5. The van der Waals surface area contributed by atoms with Gasteiger partial charge < -0.3 is 9.80 Å². The molecule has 1 aliphatic rings. The van der Waals surface area contributed by atoms with Crippen molar-refractivity contribution < 1.29 is 0 Å². The first-order valence-corrected chi connectivity index (χ1v) is 9.06. The van der Waals surface area contributed by atoms with Crippen molar-refractivity contribution in [1.82, 2.24) is 15.2 Å². The van der Waals surface area contributed by atoms with Gasteiger partial charge >= 0.3 is 0 Å². The van der Waals surface area contributed by atoms with Crippen molar-refractivity contribution in [1.29, 1.82) is 0 Å². The number of hydrogen-bond donors (Lipinski definition) is 0. The SMILES string of the molecule is CCc1ccc(N2CCN(c3nnc(CC)c(CC)n3)CC2)cc1. The third kappa shape index (κ3) is 3.50. The number of benzene rings is 1. The number of aryl methyl sites for hydroxylation is 3. The van der Waals surface area contributed by atoms with E-state index in [4.69, 9.17) is 4.98 Å². The van der Waals surface area contributed by atoms with Crippen molar-refractivity contribution in [2.24, 2.45) is 0 Å². The van der Waals surface area contributed by atoms with Crippen LogP contribution in [0.2, 0.25) is 0 Å². The lowest BCUT2D eigenvalue weighted by atomic mass is 10.1. The largest absolute Gasteiger partial charge is 0.368 e. The van der Waals surface area contributed by atoms with Crippen LogP contribution in [0.25, 0.3) is 0 Å². The van der Waals surface area contributed by atoms with Crippen molar-refractivity contribution in [2.75, 3.05) is 36.0 Å². The number of aromatic nitrogens is 3. The second-order valence-electron chi connectivity index (χ2n) is 6.21. The highest BCUT2D eigenvalue weighted by Crippen LogP contribution is 2.19. The highest BCUT2D eigenvalue weighted by molar-refractivity contribution is 5.49. The highest BCUT2D eigenvalue weighted by Gasteiger charge is 2.20. The molecule has 0 saturated carbocycles. The zero-order valence-electron chi connectivity index (χ0n) is 15.0. The molecule has 0 unspecified atom stereocenters. The van der Waals surface area contributed by atoms with Crippen molar-refractivity contribution in [3.05, 3.63) is 41.2 Å². The maximum atomic E-state index is 4.74. The molecule has 0 radical (unpaired) electrons. The molecule has 2 aromatic rings. The zero-order chi connectivity index (χ0) is 16.9. The lowest BCUT2D eigenvalue weighted by Crippen LogP contribution is -2.47. The van der Waals surface area contributed by atoms with Gasteiger partial charge in [-0.2, -0.15) is 5.10 Å². The molecule has 5 nitrogen and oxygen atoms in total. The first-order chi connectivity index (χ1) is 11.7. The van der Waals surface area contributed by atoms with Gasteiger partial charge in [0.25, 0.3) is 0 Å². The topological polar surface area (TPSA) is 45.2 Å². The second kappa shape index (κ2) is 7.60. The molecular formula is C19H27N5. The van der Waals surface area contributed by atoms with Crippen LogP contribution in [0.15, 0.2) is 24.3 Å². The number of piperazine rings is 1. The minimum absolute atomic E-state index is 0.782. The quantitative estimate of drug-likeness (QED) is 0.846. The molecular weight excluding hydrogens is 298 g/mol. The Balaban J connectivity index is 1.66. The molecule has 1 aliphatic heterocycles. The Morgan fingerprint density at radius 2 is 1.38 bits per heavy atom. The lowest BCUT2D eigenvalue weighted by Gasteiger charge is -2.36. The molecule has 0 aliphatic carbocycles. The van der Waals surface area contributed by atoms with E-state index in [9.17, 15) is 0 Å². The molecule has 1 aromatic heterocycles. The fourth-order valence-corrected chi connectivity index (χ4v) is 3.17. The van der Waals surface area contributed by atoms with E-state index in [0.717, 1.165) is 62.8 Å². The van der Waals surface area contributed by atoms with Crippen LogP contribution in [0, 0.1) is 0 Å². The third-order valence-corrected chi connectivity index (χ3v) is 4.77. The van der Waals surface area contributed by atoms with Crippen molar-refractivity contribution in [2.45, 2.75) is 40.0 Å². The van der Waals surface area contributed by atoms with Crippen LogP contribution in [-0.4, -0.2) is 41.4 Å². The zero-order valence-corrected chi connectivity index (χ0v) is 15.0. The van der Waals surface area contributed by atoms with Gasteiger partial charge in [0.1, 0.15) is 0 Å². The molecule has 0 amide bonds. The van der Waals surface area contributed by atoms with E-state index in [0.29, 0.717) is 0 Å². The molecule has 24 heavy (non-hydrogen) atoms. The van der Waals surface area contributed by atoms with Gasteiger partial charge in [-0.1, -0.05) is 32.9 Å². The molecule has 0 atom stereocenters. The van der Waals surface area contributed by atoms with Gasteiger partial charge in [0.2, 0.25) is 5.95 Å². The molecule has 128 valence electrons. The minimum Gasteiger partial charge on any atom is -0.368 e. The van der Waals surface area contributed by atoms with E-state index in [-0.39, 0.29) is 0 Å². The Morgan fingerprint density at radius 3 is 1.96 bits per heavy atom. The van der Waals surface area contributed by atoms with Gasteiger partial charge in [0.15, 0.2) is 0 Å². The summed E-state index contributed by atoms with van der Waals surface area (Å²) in [6, 6.07) is 8.92. The maximum Gasteiger partial charge on any atom is 0.245 e. The minimum atomic E-state index is 0.782. The van der Waals surface area contributed by atoms with Crippen LogP contribution >= 0.6 is 0 Å². The van der Waals surface area contributed by atoms with E-state index in [1.54, 1.807) is 0 Å². The summed E-state index contributed by atoms with van der Waals surface area (Å²) in [7, 11) is 0. The van der Waals surface area contributed by atoms with E-state index >= 15 is 0 Å². The molecule has 5 heteroatoms. The second-order valence-corrected chi connectivity index (χ2v) is 6.21. The van der Waals surface area contributed by atoms with E-state index in [1.807, 2.05) is 0 Å². The average molecular weight is 325 g/mol.